The van der Waals surface area contributed by atoms with Gasteiger partial charge >= 0.3 is 0 Å². The highest BCUT2D eigenvalue weighted by molar-refractivity contribution is 6.13. The van der Waals surface area contributed by atoms with E-state index in [0.29, 0.717) is 22.4 Å². The number of nitrogens with two attached hydrogens (primary N) is 1. The first-order valence-corrected chi connectivity index (χ1v) is 5.60. The quantitative estimate of drug-likeness (QED) is 0.661. The average Bonchev–Trinajstić information content (AvgIpc) is 2.39. The molecule has 0 radical (unpaired) electrons. The van der Waals surface area contributed by atoms with E-state index in [9.17, 15) is 9.59 Å². The van der Waals surface area contributed by atoms with Gasteiger partial charge in [-0.25, -0.2) is 0 Å². The zero-order valence-corrected chi connectivity index (χ0v) is 10.0. The van der Waals surface area contributed by atoms with Crippen LogP contribution in [0.25, 0.3) is 0 Å². The summed E-state index contributed by atoms with van der Waals surface area (Å²) in [5.74, 6) is -0.256. The molecule has 0 heterocycles. The van der Waals surface area contributed by atoms with E-state index < -0.39 is 0 Å². The SMILES string of the molecule is CC(=O)c1ccc(N)c(C(=O)c2ccccc2)c1. The van der Waals surface area contributed by atoms with Gasteiger partial charge in [-0.2, -0.15) is 0 Å². The number of carbonyl (C=O) groups excluding carboxylic acids is 2. The number of Topliss-reactive ketones (excluding diaryl/α,β-unsaturated/α-hetero) is 1. The van der Waals surface area contributed by atoms with Crippen LogP contribution in [0.1, 0.15) is 33.2 Å². The van der Waals surface area contributed by atoms with E-state index in [0.717, 1.165) is 0 Å². The Kier molecular flexibility index (Phi) is 3.24. The molecule has 0 aliphatic rings. The highest BCUT2D eigenvalue weighted by atomic mass is 16.1. The lowest BCUT2D eigenvalue weighted by Gasteiger charge is -2.06. The zero-order valence-electron chi connectivity index (χ0n) is 10.0. The van der Waals surface area contributed by atoms with E-state index in [2.05, 4.69) is 0 Å². The van der Waals surface area contributed by atoms with Crippen LogP contribution in [0.2, 0.25) is 0 Å². The molecule has 2 rings (SSSR count). The van der Waals surface area contributed by atoms with Gasteiger partial charge in [-0.3, -0.25) is 9.59 Å². The summed E-state index contributed by atoms with van der Waals surface area (Å²) in [6.45, 7) is 1.46. The normalized spacial score (nSPS) is 10.1. The Labute approximate surface area is 105 Å². The second-order valence-electron chi connectivity index (χ2n) is 4.05. The summed E-state index contributed by atoms with van der Waals surface area (Å²) in [4.78, 5) is 23.6. The standard InChI is InChI=1S/C15H13NO2/c1-10(17)12-7-8-14(16)13(9-12)15(18)11-5-3-2-4-6-11/h2-9H,16H2,1H3. The van der Waals surface area contributed by atoms with Crippen LogP contribution in [0.3, 0.4) is 0 Å². The number of benzene rings is 2. The van der Waals surface area contributed by atoms with Crippen molar-refractivity contribution < 1.29 is 9.59 Å². The molecule has 0 saturated heterocycles. The molecule has 0 fully saturated rings. The summed E-state index contributed by atoms with van der Waals surface area (Å²) >= 11 is 0. The van der Waals surface area contributed by atoms with Crippen molar-refractivity contribution in [3.05, 3.63) is 65.2 Å². The molecule has 0 unspecified atom stereocenters. The molecule has 0 atom stereocenters. The Morgan fingerprint density at radius 1 is 0.944 bits per heavy atom. The Bertz CT molecular complexity index is 603. The van der Waals surface area contributed by atoms with Gasteiger partial charge in [0.2, 0.25) is 0 Å². The Balaban J connectivity index is 2.48. The maximum Gasteiger partial charge on any atom is 0.195 e. The largest absolute Gasteiger partial charge is 0.398 e. The number of ketones is 2. The highest BCUT2D eigenvalue weighted by Crippen LogP contribution is 2.18. The summed E-state index contributed by atoms with van der Waals surface area (Å²) in [5, 5.41) is 0. The van der Waals surface area contributed by atoms with Gasteiger partial charge < -0.3 is 5.73 Å². The fourth-order valence-corrected chi connectivity index (χ4v) is 1.72. The lowest BCUT2D eigenvalue weighted by atomic mass is 9.98. The molecule has 90 valence electrons. The summed E-state index contributed by atoms with van der Waals surface area (Å²) in [7, 11) is 0. The molecule has 18 heavy (non-hydrogen) atoms. The Morgan fingerprint density at radius 3 is 2.22 bits per heavy atom. The summed E-state index contributed by atoms with van der Waals surface area (Å²) < 4.78 is 0. The highest BCUT2D eigenvalue weighted by Gasteiger charge is 2.13. The van der Waals surface area contributed by atoms with E-state index in [1.807, 2.05) is 6.07 Å². The van der Waals surface area contributed by atoms with Crippen molar-refractivity contribution in [1.29, 1.82) is 0 Å². The van der Waals surface area contributed by atoms with Crippen LogP contribution in [0.5, 0.6) is 0 Å². The van der Waals surface area contributed by atoms with Crippen LogP contribution in [0.15, 0.2) is 48.5 Å². The fraction of sp³-hybridized carbons (Fsp3) is 0.0667. The summed E-state index contributed by atoms with van der Waals surface area (Å²) in [6.07, 6.45) is 0. The predicted molar refractivity (Wildman–Crippen MR) is 70.7 cm³/mol. The number of anilines is 1. The molecule has 2 aromatic carbocycles. The molecule has 0 aliphatic heterocycles. The van der Waals surface area contributed by atoms with Gasteiger partial charge in [0, 0.05) is 22.4 Å². The second kappa shape index (κ2) is 4.84. The molecule has 0 spiro atoms. The van der Waals surface area contributed by atoms with E-state index in [4.69, 9.17) is 5.73 Å². The van der Waals surface area contributed by atoms with Crippen LogP contribution in [0, 0.1) is 0 Å². The minimum atomic E-state index is -0.170. The first-order valence-electron chi connectivity index (χ1n) is 5.60. The van der Waals surface area contributed by atoms with Crippen LogP contribution in [0.4, 0.5) is 5.69 Å². The molecular formula is C15H13NO2. The van der Waals surface area contributed by atoms with E-state index in [-0.39, 0.29) is 11.6 Å². The first-order chi connectivity index (χ1) is 8.59. The maximum atomic E-state index is 12.3. The van der Waals surface area contributed by atoms with Crippen LogP contribution >= 0.6 is 0 Å². The molecule has 0 aliphatic carbocycles. The van der Waals surface area contributed by atoms with Crippen molar-refractivity contribution in [2.45, 2.75) is 6.92 Å². The molecule has 3 nitrogen and oxygen atoms in total. The molecule has 0 aromatic heterocycles. The van der Waals surface area contributed by atoms with Crippen molar-refractivity contribution in [3.63, 3.8) is 0 Å². The number of nitrogen functional groups attached to an aromatic ring is 1. The lowest BCUT2D eigenvalue weighted by Crippen LogP contribution is -2.07. The lowest BCUT2D eigenvalue weighted by molar-refractivity contribution is 0.101. The van der Waals surface area contributed by atoms with Crippen LogP contribution in [-0.4, -0.2) is 11.6 Å². The number of hydrogen-bond acceptors (Lipinski definition) is 3. The third kappa shape index (κ3) is 2.30. The van der Waals surface area contributed by atoms with Crippen molar-refractivity contribution in [1.82, 2.24) is 0 Å². The molecule has 2 aromatic rings. The molecule has 0 amide bonds. The molecule has 0 saturated carbocycles. The Hall–Kier alpha value is -2.42. The topological polar surface area (TPSA) is 60.2 Å². The van der Waals surface area contributed by atoms with Gasteiger partial charge in [-0.1, -0.05) is 30.3 Å². The minimum absolute atomic E-state index is 0.0860. The zero-order chi connectivity index (χ0) is 13.1. The Morgan fingerprint density at radius 2 is 1.61 bits per heavy atom. The molecule has 2 N–H and O–H groups in total. The van der Waals surface area contributed by atoms with Crippen molar-refractivity contribution >= 4 is 17.3 Å². The maximum absolute atomic E-state index is 12.3. The minimum Gasteiger partial charge on any atom is -0.398 e. The first kappa shape index (κ1) is 12.0. The van der Waals surface area contributed by atoms with Gasteiger partial charge in [-0.05, 0) is 25.1 Å². The van der Waals surface area contributed by atoms with Gasteiger partial charge in [0.1, 0.15) is 0 Å². The molecule has 0 bridgehead atoms. The van der Waals surface area contributed by atoms with Crippen LogP contribution in [-0.2, 0) is 0 Å². The van der Waals surface area contributed by atoms with E-state index in [1.54, 1.807) is 42.5 Å². The number of rotatable bonds is 3. The third-order valence-electron chi connectivity index (χ3n) is 2.74. The molecular weight excluding hydrogens is 226 g/mol. The number of hydrogen-bond donors (Lipinski definition) is 1. The summed E-state index contributed by atoms with van der Waals surface area (Å²) in [5.41, 5.74) is 7.60. The smallest absolute Gasteiger partial charge is 0.195 e. The summed E-state index contributed by atoms with van der Waals surface area (Å²) in [6, 6.07) is 13.6. The van der Waals surface area contributed by atoms with Gasteiger partial charge in [-0.15, -0.1) is 0 Å². The average molecular weight is 239 g/mol. The van der Waals surface area contributed by atoms with Crippen molar-refractivity contribution in [3.8, 4) is 0 Å². The molecule has 3 heteroatoms. The fourth-order valence-electron chi connectivity index (χ4n) is 1.72. The van der Waals surface area contributed by atoms with Gasteiger partial charge in [0.05, 0.1) is 0 Å². The monoisotopic (exact) mass is 239 g/mol. The van der Waals surface area contributed by atoms with E-state index >= 15 is 0 Å². The van der Waals surface area contributed by atoms with Gasteiger partial charge in [0.15, 0.2) is 11.6 Å². The number of carbonyl (C=O) groups is 2. The third-order valence-corrected chi connectivity index (χ3v) is 2.74. The van der Waals surface area contributed by atoms with Crippen molar-refractivity contribution in [2.24, 2.45) is 0 Å². The van der Waals surface area contributed by atoms with Crippen molar-refractivity contribution in [2.75, 3.05) is 5.73 Å². The second-order valence-corrected chi connectivity index (χ2v) is 4.05. The van der Waals surface area contributed by atoms with Gasteiger partial charge in [0.25, 0.3) is 0 Å². The predicted octanol–water partition coefficient (Wildman–Crippen LogP) is 2.70. The van der Waals surface area contributed by atoms with Crippen LogP contribution < -0.4 is 5.73 Å². The van der Waals surface area contributed by atoms with E-state index in [1.165, 1.54) is 6.92 Å².